The van der Waals surface area contributed by atoms with Gasteiger partial charge in [-0.1, -0.05) is 28.1 Å². The fourth-order valence-electron chi connectivity index (χ4n) is 2.07. The van der Waals surface area contributed by atoms with E-state index in [1.165, 1.54) is 43.5 Å². The molecule has 0 fully saturated rings. The second-order valence-electron chi connectivity index (χ2n) is 5.00. The van der Waals surface area contributed by atoms with Gasteiger partial charge in [0.2, 0.25) is 0 Å². The van der Waals surface area contributed by atoms with Gasteiger partial charge in [-0.15, -0.1) is 0 Å². The van der Waals surface area contributed by atoms with Crippen LogP contribution in [0.25, 0.3) is 6.08 Å². The van der Waals surface area contributed by atoms with E-state index in [9.17, 15) is 20.0 Å². The minimum absolute atomic E-state index is 0.0567. The molecule has 6 nitrogen and oxygen atoms in total. The lowest BCUT2D eigenvalue weighted by Crippen LogP contribution is -1.98. The number of phenols is 1. The van der Waals surface area contributed by atoms with E-state index in [2.05, 4.69) is 15.9 Å². The van der Waals surface area contributed by atoms with E-state index in [0.29, 0.717) is 21.3 Å². The molecule has 0 atom stereocenters. The van der Waals surface area contributed by atoms with Crippen LogP contribution in [0.15, 0.2) is 40.9 Å². The van der Waals surface area contributed by atoms with Gasteiger partial charge in [0.15, 0.2) is 17.3 Å². The van der Waals surface area contributed by atoms with Crippen LogP contribution in [0.1, 0.15) is 21.5 Å². The molecule has 24 heavy (non-hydrogen) atoms. The molecular weight excluding hydrogens is 378 g/mol. The number of nitrogens with zero attached hydrogens (tertiary/aromatic N) is 1. The lowest BCUT2D eigenvalue weighted by atomic mass is 10.1. The quantitative estimate of drug-likeness (QED) is 0.355. The maximum atomic E-state index is 12.2. The molecule has 0 aromatic heterocycles. The Hall–Kier alpha value is -2.67. The first-order chi connectivity index (χ1) is 11.3. The Labute approximate surface area is 146 Å². The van der Waals surface area contributed by atoms with Gasteiger partial charge in [0.05, 0.1) is 12.0 Å². The molecular formula is C17H14BrNO5. The summed E-state index contributed by atoms with van der Waals surface area (Å²) >= 11 is 3.33. The lowest BCUT2D eigenvalue weighted by molar-refractivity contribution is -0.385. The number of halogens is 1. The maximum Gasteiger partial charge on any atom is 0.273 e. The third kappa shape index (κ3) is 3.80. The number of allylic oxidation sites excluding steroid dienone is 1. The number of nitro benzene ring substituents is 1. The van der Waals surface area contributed by atoms with Gasteiger partial charge in [-0.3, -0.25) is 14.9 Å². The number of nitro groups is 1. The highest BCUT2D eigenvalue weighted by atomic mass is 79.9. The third-order valence-electron chi connectivity index (χ3n) is 3.40. The van der Waals surface area contributed by atoms with Crippen molar-refractivity contribution in [2.24, 2.45) is 0 Å². The summed E-state index contributed by atoms with van der Waals surface area (Å²) in [4.78, 5) is 22.6. The van der Waals surface area contributed by atoms with Crippen LogP contribution in [0, 0.1) is 17.0 Å². The van der Waals surface area contributed by atoms with Crippen molar-refractivity contribution in [3.8, 4) is 11.5 Å². The highest BCUT2D eigenvalue weighted by Crippen LogP contribution is 2.33. The zero-order valence-electron chi connectivity index (χ0n) is 12.9. The van der Waals surface area contributed by atoms with Crippen LogP contribution in [-0.2, 0) is 0 Å². The summed E-state index contributed by atoms with van der Waals surface area (Å²) in [5.74, 6) is -0.126. The molecule has 2 rings (SSSR count). The number of hydrogen-bond acceptors (Lipinski definition) is 5. The molecule has 2 aromatic carbocycles. The average Bonchev–Trinajstić information content (AvgIpc) is 2.55. The van der Waals surface area contributed by atoms with Crippen molar-refractivity contribution in [3.05, 3.63) is 67.7 Å². The molecule has 0 radical (unpaired) electrons. The topological polar surface area (TPSA) is 89.7 Å². The zero-order chi connectivity index (χ0) is 17.9. The van der Waals surface area contributed by atoms with Crippen LogP contribution in [0.3, 0.4) is 0 Å². The van der Waals surface area contributed by atoms with Gasteiger partial charge in [-0.25, -0.2) is 0 Å². The number of ether oxygens (including phenoxy) is 1. The predicted molar refractivity (Wildman–Crippen MR) is 93.6 cm³/mol. The Balaban J connectivity index is 2.30. The van der Waals surface area contributed by atoms with Crippen LogP contribution in [0.4, 0.5) is 5.69 Å². The zero-order valence-corrected chi connectivity index (χ0v) is 14.5. The minimum atomic E-state index is -0.520. The number of methoxy groups -OCH3 is 1. The van der Waals surface area contributed by atoms with Crippen molar-refractivity contribution in [1.29, 1.82) is 0 Å². The van der Waals surface area contributed by atoms with E-state index < -0.39 is 4.92 Å². The van der Waals surface area contributed by atoms with Crippen molar-refractivity contribution >= 4 is 33.5 Å². The first-order valence-corrected chi connectivity index (χ1v) is 7.66. The van der Waals surface area contributed by atoms with Crippen LogP contribution >= 0.6 is 15.9 Å². The number of aromatic hydroxyl groups is 1. The molecule has 0 amide bonds. The number of benzene rings is 2. The van der Waals surface area contributed by atoms with Gasteiger partial charge in [-0.2, -0.15) is 0 Å². The van der Waals surface area contributed by atoms with E-state index in [4.69, 9.17) is 4.74 Å². The van der Waals surface area contributed by atoms with E-state index in [1.807, 2.05) is 0 Å². The molecule has 0 saturated carbocycles. The molecule has 2 aromatic rings. The summed E-state index contributed by atoms with van der Waals surface area (Å²) in [5, 5.41) is 20.7. The van der Waals surface area contributed by atoms with Gasteiger partial charge >= 0.3 is 0 Å². The van der Waals surface area contributed by atoms with E-state index in [1.54, 1.807) is 13.0 Å². The monoisotopic (exact) mass is 391 g/mol. The van der Waals surface area contributed by atoms with Crippen molar-refractivity contribution < 1.29 is 19.6 Å². The summed E-state index contributed by atoms with van der Waals surface area (Å²) in [7, 11) is 1.44. The molecule has 7 heteroatoms. The number of rotatable bonds is 5. The minimum Gasteiger partial charge on any atom is -0.504 e. The van der Waals surface area contributed by atoms with Gasteiger partial charge in [-0.05, 0) is 36.8 Å². The Morgan fingerprint density at radius 3 is 2.67 bits per heavy atom. The number of phenolic OH excluding ortho intramolecular Hbond substituents is 1. The number of carbonyl (C=O) groups is 1. The van der Waals surface area contributed by atoms with E-state index >= 15 is 0 Å². The highest BCUT2D eigenvalue weighted by Gasteiger charge is 2.14. The summed E-state index contributed by atoms with van der Waals surface area (Å²) in [5.41, 5.74) is 1.18. The molecule has 0 heterocycles. The van der Waals surface area contributed by atoms with Crippen molar-refractivity contribution in [3.63, 3.8) is 0 Å². The van der Waals surface area contributed by atoms with Crippen molar-refractivity contribution in [2.75, 3.05) is 7.11 Å². The van der Waals surface area contributed by atoms with Crippen LogP contribution in [0.2, 0.25) is 0 Å². The van der Waals surface area contributed by atoms with Crippen LogP contribution < -0.4 is 4.74 Å². The lowest BCUT2D eigenvalue weighted by Gasteiger charge is -2.06. The fraction of sp³-hybridized carbons (Fsp3) is 0.118. The number of ketones is 1. The van der Waals surface area contributed by atoms with E-state index in [0.717, 1.165) is 0 Å². The summed E-state index contributed by atoms with van der Waals surface area (Å²) in [6, 6.07) is 7.35. The van der Waals surface area contributed by atoms with Crippen LogP contribution in [0.5, 0.6) is 11.5 Å². The fourth-order valence-corrected chi connectivity index (χ4v) is 2.53. The number of hydrogen-bond donors (Lipinski definition) is 1. The maximum absolute atomic E-state index is 12.2. The summed E-state index contributed by atoms with van der Waals surface area (Å²) < 4.78 is 5.62. The standard InChI is InChI=1S/C17H14BrNO5/c1-10-3-4-12(7-14(10)19(22)23)15(20)6-5-11-8-16(21)17(24-2)9-13(11)18/h3-9,21H,1-2H3/b6-5+. The second-order valence-corrected chi connectivity index (χ2v) is 5.86. The molecule has 0 spiro atoms. The summed E-state index contributed by atoms with van der Waals surface area (Å²) in [6.07, 6.45) is 2.80. The van der Waals surface area contributed by atoms with Gasteiger partial charge < -0.3 is 9.84 Å². The molecule has 0 bridgehead atoms. The molecule has 0 aliphatic carbocycles. The number of aryl methyl sites for hydroxylation is 1. The van der Waals surface area contributed by atoms with Gasteiger partial charge in [0.1, 0.15) is 0 Å². The molecule has 0 unspecified atom stereocenters. The Morgan fingerprint density at radius 2 is 2.04 bits per heavy atom. The Kier molecular flexibility index (Phi) is 5.35. The predicted octanol–water partition coefficient (Wildman–Crippen LogP) is 4.28. The van der Waals surface area contributed by atoms with Gasteiger partial charge in [0, 0.05) is 21.7 Å². The highest BCUT2D eigenvalue weighted by molar-refractivity contribution is 9.10. The van der Waals surface area contributed by atoms with E-state index in [-0.39, 0.29) is 22.8 Å². The largest absolute Gasteiger partial charge is 0.504 e. The first-order valence-electron chi connectivity index (χ1n) is 6.87. The second kappa shape index (κ2) is 7.27. The Morgan fingerprint density at radius 1 is 1.33 bits per heavy atom. The summed E-state index contributed by atoms with van der Waals surface area (Å²) in [6.45, 7) is 1.61. The molecule has 0 aliphatic heterocycles. The smallest absolute Gasteiger partial charge is 0.273 e. The number of carbonyl (C=O) groups excluding carboxylic acids is 1. The Bertz CT molecular complexity index is 845. The van der Waals surface area contributed by atoms with Crippen molar-refractivity contribution in [1.82, 2.24) is 0 Å². The van der Waals surface area contributed by atoms with Gasteiger partial charge in [0.25, 0.3) is 5.69 Å². The first kappa shape index (κ1) is 17.7. The average molecular weight is 392 g/mol. The molecule has 1 N–H and O–H groups in total. The normalized spacial score (nSPS) is 10.8. The molecule has 0 saturated heterocycles. The molecule has 0 aliphatic rings. The van der Waals surface area contributed by atoms with Crippen molar-refractivity contribution in [2.45, 2.75) is 6.92 Å². The third-order valence-corrected chi connectivity index (χ3v) is 4.09. The molecule has 124 valence electrons. The SMILES string of the molecule is COc1cc(Br)c(/C=C/C(=O)c2ccc(C)c([N+](=O)[O-])c2)cc1O. The van der Waals surface area contributed by atoms with Crippen LogP contribution in [-0.4, -0.2) is 22.9 Å².